The molecule has 0 aromatic carbocycles. The van der Waals surface area contributed by atoms with E-state index in [2.05, 4.69) is 10.4 Å². The Labute approximate surface area is 117 Å². The molecule has 0 fully saturated rings. The number of nitrogens with one attached hydrogen (secondary N) is 1. The maximum Gasteiger partial charge on any atom is 0.161 e. The van der Waals surface area contributed by atoms with Gasteiger partial charge in [0.2, 0.25) is 0 Å². The van der Waals surface area contributed by atoms with E-state index < -0.39 is 0 Å². The van der Waals surface area contributed by atoms with Crippen LogP contribution in [0.5, 0.6) is 0 Å². The first-order chi connectivity index (χ1) is 8.54. The summed E-state index contributed by atoms with van der Waals surface area (Å²) in [4.78, 5) is 6.37. The van der Waals surface area contributed by atoms with Gasteiger partial charge in [-0.3, -0.25) is 0 Å². The first-order valence-corrected chi connectivity index (χ1v) is 6.38. The molecule has 102 valence electrons. The summed E-state index contributed by atoms with van der Waals surface area (Å²) in [6.45, 7) is 5.40. The average molecular weight is 293 g/mol. The Hall–Kier alpha value is -0.750. The number of hydrogen-bond acceptors (Lipinski definition) is 5. The first-order valence-electron chi connectivity index (χ1n) is 5.63. The first kappa shape index (κ1) is 15.3. The average Bonchev–Trinajstić information content (AvgIpc) is 2.33. The Bertz CT molecular complexity index is 403. The van der Waals surface area contributed by atoms with Crippen molar-refractivity contribution in [3.8, 4) is 0 Å². The lowest BCUT2D eigenvalue weighted by Gasteiger charge is -2.29. The lowest BCUT2D eigenvalue weighted by atomic mass is 10.3. The number of nitrogen functional groups attached to an aromatic ring is 1. The Morgan fingerprint density at radius 3 is 2.67 bits per heavy atom. The van der Waals surface area contributed by atoms with Crippen LogP contribution < -0.4 is 16.2 Å². The van der Waals surface area contributed by atoms with Gasteiger partial charge in [0.1, 0.15) is 5.82 Å². The van der Waals surface area contributed by atoms with Crippen molar-refractivity contribution in [1.82, 2.24) is 4.98 Å². The summed E-state index contributed by atoms with van der Waals surface area (Å²) in [5, 5.41) is 0.880. The Kier molecular flexibility index (Phi) is 5.95. The van der Waals surface area contributed by atoms with Gasteiger partial charge in [-0.25, -0.2) is 10.8 Å². The number of pyridine rings is 1. The van der Waals surface area contributed by atoms with E-state index in [4.69, 9.17) is 33.8 Å². The summed E-state index contributed by atoms with van der Waals surface area (Å²) in [5.74, 6) is 6.40. The zero-order chi connectivity index (χ0) is 13.7. The second kappa shape index (κ2) is 6.99. The zero-order valence-corrected chi connectivity index (χ0v) is 12.2. The molecule has 1 atom stereocenters. The third-order valence-electron chi connectivity index (χ3n) is 2.60. The van der Waals surface area contributed by atoms with Gasteiger partial charge in [-0.15, -0.1) is 0 Å². The van der Waals surface area contributed by atoms with Gasteiger partial charge >= 0.3 is 0 Å². The quantitative estimate of drug-likeness (QED) is 0.623. The van der Waals surface area contributed by atoms with Crippen molar-refractivity contribution in [3.05, 3.63) is 16.1 Å². The van der Waals surface area contributed by atoms with Gasteiger partial charge < -0.3 is 15.1 Å². The molecule has 3 N–H and O–H groups in total. The van der Waals surface area contributed by atoms with Gasteiger partial charge in [0.15, 0.2) is 5.82 Å². The minimum absolute atomic E-state index is 0.150. The van der Waals surface area contributed by atoms with E-state index in [1.54, 1.807) is 13.2 Å². The van der Waals surface area contributed by atoms with Crippen LogP contribution in [0.1, 0.15) is 13.8 Å². The van der Waals surface area contributed by atoms with E-state index >= 15 is 0 Å². The fourth-order valence-corrected chi connectivity index (χ4v) is 2.28. The number of rotatable bonds is 6. The topological polar surface area (TPSA) is 63.4 Å². The molecule has 0 radical (unpaired) electrons. The maximum absolute atomic E-state index is 6.18. The van der Waals surface area contributed by atoms with Crippen LogP contribution in [0.15, 0.2) is 6.07 Å². The monoisotopic (exact) mass is 292 g/mol. The highest BCUT2D eigenvalue weighted by Gasteiger charge is 2.19. The number of nitrogens with zero attached hydrogens (tertiary/aromatic N) is 2. The number of hydrazine groups is 1. The van der Waals surface area contributed by atoms with Crippen LogP contribution in [-0.2, 0) is 4.74 Å². The molecule has 0 saturated carbocycles. The van der Waals surface area contributed by atoms with Crippen LogP contribution in [-0.4, -0.2) is 31.3 Å². The second-order valence-corrected chi connectivity index (χ2v) is 4.67. The van der Waals surface area contributed by atoms with Crippen molar-refractivity contribution in [1.29, 1.82) is 0 Å². The number of hydrogen-bond donors (Lipinski definition) is 2. The van der Waals surface area contributed by atoms with Crippen LogP contribution in [0, 0.1) is 0 Å². The van der Waals surface area contributed by atoms with Crippen molar-refractivity contribution in [3.63, 3.8) is 0 Å². The van der Waals surface area contributed by atoms with Gasteiger partial charge in [0.25, 0.3) is 0 Å². The van der Waals surface area contributed by atoms with Crippen LogP contribution in [0.25, 0.3) is 0 Å². The van der Waals surface area contributed by atoms with Gasteiger partial charge in [-0.1, -0.05) is 23.2 Å². The predicted molar refractivity (Wildman–Crippen MR) is 76.4 cm³/mol. The molecule has 7 heteroatoms. The third-order valence-corrected chi connectivity index (χ3v) is 3.17. The van der Waals surface area contributed by atoms with E-state index in [0.29, 0.717) is 28.3 Å². The Balaban J connectivity index is 3.12. The summed E-state index contributed by atoms with van der Waals surface area (Å²) in [6, 6.07) is 1.78. The SMILES string of the molecule is CCN(c1nc(NN)c(Cl)cc1Cl)C(C)COC. The van der Waals surface area contributed by atoms with E-state index in [9.17, 15) is 0 Å². The van der Waals surface area contributed by atoms with E-state index in [0.717, 1.165) is 6.54 Å². The molecule has 0 aliphatic carbocycles. The van der Waals surface area contributed by atoms with Crippen LogP contribution >= 0.6 is 23.2 Å². The number of nitrogens with two attached hydrogens (primary N) is 1. The number of halogens is 2. The lowest BCUT2D eigenvalue weighted by Crippen LogP contribution is -2.37. The third kappa shape index (κ3) is 3.38. The fourth-order valence-electron chi connectivity index (χ4n) is 1.76. The second-order valence-electron chi connectivity index (χ2n) is 3.86. The number of ether oxygens (including phenoxy) is 1. The fraction of sp³-hybridized carbons (Fsp3) is 0.545. The molecular formula is C11H18Cl2N4O. The zero-order valence-electron chi connectivity index (χ0n) is 10.7. The molecule has 1 heterocycles. The minimum atomic E-state index is 0.150. The smallest absolute Gasteiger partial charge is 0.161 e. The summed E-state index contributed by atoms with van der Waals surface area (Å²) < 4.78 is 5.15. The summed E-state index contributed by atoms with van der Waals surface area (Å²) in [7, 11) is 1.66. The highest BCUT2D eigenvalue weighted by atomic mass is 35.5. The van der Waals surface area contributed by atoms with Crippen LogP contribution in [0.4, 0.5) is 11.6 Å². The number of aromatic nitrogens is 1. The molecule has 1 aromatic heterocycles. The van der Waals surface area contributed by atoms with Gasteiger partial charge in [0, 0.05) is 13.7 Å². The maximum atomic E-state index is 6.18. The Morgan fingerprint density at radius 1 is 1.50 bits per heavy atom. The molecule has 0 spiro atoms. The van der Waals surface area contributed by atoms with E-state index in [-0.39, 0.29) is 6.04 Å². The predicted octanol–water partition coefficient (Wildman–Crippen LogP) is 2.54. The van der Waals surface area contributed by atoms with Crippen molar-refractivity contribution < 1.29 is 4.74 Å². The molecule has 0 amide bonds. The highest BCUT2D eigenvalue weighted by molar-refractivity contribution is 6.37. The van der Waals surface area contributed by atoms with Crippen molar-refractivity contribution >= 4 is 34.8 Å². The molecule has 5 nitrogen and oxygen atoms in total. The molecule has 0 saturated heterocycles. The van der Waals surface area contributed by atoms with Crippen molar-refractivity contribution in [2.45, 2.75) is 19.9 Å². The number of anilines is 2. The Morgan fingerprint density at radius 2 is 2.17 bits per heavy atom. The number of methoxy groups -OCH3 is 1. The van der Waals surface area contributed by atoms with Gasteiger partial charge in [-0.05, 0) is 19.9 Å². The van der Waals surface area contributed by atoms with E-state index in [1.165, 1.54) is 0 Å². The normalized spacial score (nSPS) is 12.3. The molecule has 1 rings (SSSR count). The van der Waals surface area contributed by atoms with E-state index in [1.807, 2.05) is 18.7 Å². The highest BCUT2D eigenvalue weighted by Crippen LogP contribution is 2.31. The van der Waals surface area contributed by atoms with Crippen LogP contribution in [0.2, 0.25) is 10.0 Å². The molecule has 0 bridgehead atoms. The molecular weight excluding hydrogens is 275 g/mol. The van der Waals surface area contributed by atoms with Gasteiger partial charge in [-0.2, -0.15) is 0 Å². The molecule has 1 aromatic rings. The molecule has 0 aliphatic heterocycles. The molecule has 1 unspecified atom stereocenters. The minimum Gasteiger partial charge on any atom is -0.383 e. The summed E-state index contributed by atoms with van der Waals surface area (Å²) in [6.07, 6.45) is 0. The lowest BCUT2D eigenvalue weighted by molar-refractivity contribution is 0.181. The van der Waals surface area contributed by atoms with Crippen LogP contribution in [0.3, 0.4) is 0 Å². The van der Waals surface area contributed by atoms with Crippen molar-refractivity contribution in [2.24, 2.45) is 5.84 Å². The molecule has 0 aliphatic rings. The largest absolute Gasteiger partial charge is 0.383 e. The van der Waals surface area contributed by atoms with Crippen molar-refractivity contribution in [2.75, 3.05) is 30.6 Å². The summed E-state index contributed by atoms with van der Waals surface area (Å²) >= 11 is 12.1. The summed E-state index contributed by atoms with van der Waals surface area (Å²) in [5.41, 5.74) is 2.45. The van der Waals surface area contributed by atoms with Gasteiger partial charge in [0.05, 0.1) is 22.7 Å². The standard InChI is InChI=1S/C11H18Cl2N4O/c1-4-17(7(2)6-18-3)11-9(13)5-8(12)10(15-11)16-14/h5,7H,4,6,14H2,1-3H3,(H,15,16). The number of likely N-dealkylation sites (N-methyl/N-ethyl adjacent to an activating group) is 1. The molecule has 18 heavy (non-hydrogen) atoms.